The summed E-state index contributed by atoms with van der Waals surface area (Å²) in [5, 5.41) is 11.9. The molecule has 2 N–H and O–H groups in total. The summed E-state index contributed by atoms with van der Waals surface area (Å²) in [6, 6.07) is 12.4. The van der Waals surface area contributed by atoms with Crippen molar-refractivity contribution in [1.82, 2.24) is 14.6 Å². The molecular formula is C17H11ClFN5OS. The number of rotatable bonds is 3. The summed E-state index contributed by atoms with van der Waals surface area (Å²) in [7, 11) is 0. The van der Waals surface area contributed by atoms with Crippen LogP contribution in [0.25, 0.3) is 16.2 Å². The van der Waals surface area contributed by atoms with Crippen molar-refractivity contribution in [3.63, 3.8) is 0 Å². The number of thiazole rings is 1. The largest absolute Gasteiger partial charge is 0.326 e. The van der Waals surface area contributed by atoms with E-state index in [2.05, 4.69) is 20.7 Å². The van der Waals surface area contributed by atoms with Crippen LogP contribution < -0.4 is 10.6 Å². The average molecular weight is 388 g/mol. The second-order valence-electron chi connectivity index (χ2n) is 5.35. The van der Waals surface area contributed by atoms with E-state index in [1.54, 1.807) is 40.9 Å². The maximum atomic E-state index is 13.1. The number of hydrogen-bond donors (Lipinski definition) is 2. The summed E-state index contributed by atoms with van der Waals surface area (Å²) < 4.78 is 14.7. The van der Waals surface area contributed by atoms with E-state index in [0.717, 1.165) is 11.3 Å². The van der Waals surface area contributed by atoms with Gasteiger partial charge in [-0.15, -0.1) is 16.4 Å². The minimum absolute atomic E-state index is 0.166. The Bertz CT molecular complexity index is 1090. The molecule has 4 rings (SSSR count). The number of benzene rings is 2. The third kappa shape index (κ3) is 3.37. The topological polar surface area (TPSA) is 71.3 Å². The summed E-state index contributed by atoms with van der Waals surface area (Å²) in [5.74, 6) is -0.140. The fourth-order valence-electron chi connectivity index (χ4n) is 2.38. The van der Waals surface area contributed by atoms with Gasteiger partial charge in [-0.1, -0.05) is 17.7 Å². The molecule has 0 saturated heterocycles. The van der Waals surface area contributed by atoms with Crippen molar-refractivity contribution in [2.75, 3.05) is 10.6 Å². The van der Waals surface area contributed by atoms with E-state index in [1.165, 1.54) is 23.5 Å². The molecule has 0 bridgehead atoms. The first-order chi connectivity index (χ1) is 12.6. The average Bonchev–Trinajstić information content (AvgIpc) is 3.15. The minimum Gasteiger partial charge on any atom is -0.308 e. The summed E-state index contributed by atoms with van der Waals surface area (Å²) in [6.07, 6.45) is 0. The zero-order valence-electron chi connectivity index (χ0n) is 13.1. The van der Waals surface area contributed by atoms with Gasteiger partial charge in [-0.25, -0.2) is 13.7 Å². The van der Waals surface area contributed by atoms with Gasteiger partial charge in [-0.2, -0.15) is 4.98 Å². The van der Waals surface area contributed by atoms with Crippen molar-refractivity contribution in [1.29, 1.82) is 0 Å². The van der Waals surface area contributed by atoms with E-state index in [1.807, 2.05) is 5.38 Å². The predicted octanol–water partition coefficient (Wildman–Crippen LogP) is 4.89. The van der Waals surface area contributed by atoms with Crippen LogP contribution in [0.1, 0.15) is 0 Å². The van der Waals surface area contributed by atoms with Gasteiger partial charge in [0.1, 0.15) is 5.82 Å². The highest BCUT2D eigenvalue weighted by Crippen LogP contribution is 2.26. The molecular weight excluding hydrogens is 377 g/mol. The molecule has 0 saturated carbocycles. The molecule has 0 aliphatic heterocycles. The molecule has 26 heavy (non-hydrogen) atoms. The normalized spacial score (nSPS) is 10.8. The first kappa shape index (κ1) is 16.5. The quantitative estimate of drug-likeness (QED) is 0.525. The van der Waals surface area contributed by atoms with E-state index >= 15 is 0 Å². The molecule has 9 heteroatoms. The van der Waals surface area contributed by atoms with Crippen LogP contribution in [0.15, 0.2) is 53.9 Å². The van der Waals surface area contributed by atoms with Gasteiger partial charge in [-0.05, 0) is 42.5 Å². The molecule has 0 aliphatic carbocycles. The van der Waals surface area contributed by atoms with E-state index < -0.39 is 6.03 Å². The maximum absolute atomic E-state index is 13.1. The lowest BCUT2D eigenvalue weighted by atomic mass is 10.2. The summed E-state index contributed by atoms with van der Waals surface area (Å²) >= 11 is 7.26. The molecule has 2 heterocycles. The monoisotopic (exact) mass is 387 g/mol. The first-order valence-corrected chi connectivity index (χ1v) is 8.78. The molecule has 6 nitrogen and oxygen atoms in total. The number of amides is 2. The number of anilines is 2. The molecule has 4 aromatic rings. The van der Waals surface area contributed by atoms with E-state index in [0.29, 0.717) is 15.7 Å². The Morgan fingerprint density at radius 3 is 2.73 bits per heavy atom. The number of hydrogen-bond acceptors (Lipinski definition) is 4. The lowest BCUT2D eigenvalue weighted by Crippen LogP contribution is -2.20. The zero-order chi connectivity index (χ0) is 18.1. The molecule has 130 valence electrons. The van der Waals surface area contributed by atoms with Crippen molar-refractivity contribution in [3.8, 4) is 11.3 Å². The van der Waals surface area contributed by atoms with Crippen molar-refractivity contribution in [2.45, 2.75) is 0 Å². The highest BCUT2D eigenvalue weighted by molar-refractivity contribution is 7.15. The molecule has 2 aromatic carbocycles. The second kappa shape index (κ2) is 6.74. The van der Waals surface area contributed by atoms with Gasteiger partial charge in [0.25, 0.3) is 5.95 Å². The fourth-order valence-corrected chi connectivity index (χ4v) is 3.40. The van der Waals surface area contributed by atoms with Crippen molar-refractivity contribution >= 4 is 45.6 Å². The van der Waals surface area contributed by atoms with Crippen molar-refractivity contribution in [2.24, 2.45) is 0 Å². The van der Waals surface area contributed by atoms with E-state index in [-0.39, 0.29) is 11.8 Å². The molecule has 2 aromatic heterocycles. The van der Waals surface area contributed by atoms with Crippen molar-refractivity contribution < 1.29 is 9.18 Å². The van der Waals surface area contributed by atoms with Gasteiger partial charge in [0, 0.05) is 21.7 Å². The minimum atomic E-state index is -0.478. The zero-order valence-corrected chi connectivity index (χ0v) is 14.7. The van der Waals surface area contributed by atoms with Crippen LogP contribution in [0.4, 0.5) is 20.8 Å². The molecule has 0 spiro atoms. The van der Waals surface area contributed by atoms with Crippen LogP contribution in [-0.4, -0.2) is 20.6 Å². The number of nitrogens with one attached hydrogen (secondary N) is 2. The predicted molar refractivity (Wildman–Crippen MR) is 100 cm³/mol. The van der Waals surface area contributed by atoms with Gasteiger partial charge >= 0.3 is 6.03 Å². The summed E-state index contributed by atoms with van der Waals surface area (Å²) in [4.78, 5) is 17.0. The Morgan fingerprint density at radius 1 is 1.15 bits per heavy atom. The van der Waals surface area contributed by atoms with Crippen LogP contribution in [0.3, 0.4) is 0 Å². The molecule has 0 unspecified atom stereocenters. The Morgan fingerprint density at radius 2 is 1.96 bits per heavy atom. The highest BCUT2D eigenvalue weighted by atomic mass is 35.5. The Balaban J connectivity index is 1.54. The fraction of sp³-hybridized carbons (Fsp3) is 0. The Labute approximate surface area is 156 Å². The van der Waals surface area contributed by atoms with Gasteiger partial charge < -0.3 is 5.32 Å². The number of carbonyl (C=O) groups is 1. The lowest BCUT2D eigenvalue weighted by Gasteiger charge is -2.04. The third-order valence-electron chi connectivity index (χ3n) is 3.53. The van der Waals surface area contributed by atoms with Gasteiger partial charge in [0.2, 0.25) is 4.96 Å². The highest BCUT2D eigenvalue weighted by Gasteiger charge is 2.13. The number of fused-ring (bicyclic) bond motifs is 1. The molecule has 2 amide bonds. The number of carbonyl (C=O) groups excluding carboxylic acids is 1. The van der Waals surface area contributed by atoms with E-state index in [4.69, 9.17) is 11.6 Å². The van der Waals surface area contributed by atoms with Crippen molar-refractivity contribution in [3.05, 3.63) is 64.8 Å². The van der Waals surface area contributed by atoms with E-state index in [9.17, 15) is 9.18 Å². The SMILES string of the molecule is O=C(Nc1cccc(Cl)c1)Nc1nc2scc(-c3ccc(F)cc3)n2n1. The van der Waals surface area contributed by atoms with Crippen LogP contribution in [-0.2, 0) is 0 Å². The van der Waals surface area contributed by atoms with Crippen LogP contribution in [0.5, 0.6) is 0 Å². The third-order valence-corrected chi connectivity index (χ3v) is 4.58. The maximum Gasteiger partial charge on any atom is 0.326 e. The summed E-state index contributed by atoms with van der Waals surface area (Å²) in [6.45, 7) is 0. The number of aromatic nitrogens is 3. The Kier molecular flexibility index (Phi) is 4.27. The molecule has 0 radical (unpaired) electrons. The number of urea groups is 1. The van der Waals surface area contributed by atoms with Gasteiger partial charge in [-0.3, -0.25) is 5.32 Å². The number of nitrogens with zero attached hydrogens (tertiary/aromatic N) is 3. The number of halogens is 2. The first-order valence-electron chi connectivity index (χ1n) is 7.52. The second-order valence-corrected chi connectivity index (χ2v) is 6.62. The molecule has 0 fully saturated rings. The van der Waals surface area contributed by atoms with Gasteiger partial charge in [0.15, 0.2) is 0 Å². The van der Waals surface area contributed by atoms with Crippen LogP contribution in [0, 0.1) is 5.82 Å². The summed E-state index contributed by atoms with van der Waals surface area (Å²) in [5.41, 5.74) is 2.13. The molecule has 0 aliphatic rings. The standard InChI is InChI=1S/C17H11ClFN5OS/c18-11-2-1-3-13(8-11)20-16(25)21-15-22-17-24(23-15)14(9-26-17)10-4-6-12(19)7-5-10/h1-9H,(H2,20,21,23,25). The lowest BCUT2D eigenvalue weighted by molar-refractivity contribution is 0.262. The van der Waals surface area contributed by atoms with Crippen LogP contribution in [0.2, 0.25) is 5.02 Å². The van der Waals surface area contributed by atoms with Gasteiger partial charge in [0.05, 0.1) is 5.69 Å². The Hall–Kier alpha value is -2.97. The van der Waals surface area contributed by atoms with Crippen LogP contribution >= 0.6 is 22.9 Å². The molecule has 0 atom stereocenters. The smallest absolute Gasteiger partial charge is 0.308 e.